The first-order valence-corrected chi connectivity index (χ1v) is 11.8. The topological polar surface area (TPSA) is 661 Å². The second-order valence-corrected chi connectivity index (χ2v) is 7.25. The molecule has 0 fully saturated rings. The van der Waals surface area contributed by atoms with Crippen molar-refractivity contribution in [3.8, 4) is 0 Å². The van der Waals surface area contributed by atoms with Crippen molar-refractivity contribution < 1.29 is 127 Å². The third-order valence-electron chi connectivity index (χ3n) is 0. The Morgan fingerprint density at radius 1 is 0.276 bits per heavy atom. The Kier molecular flexibility index (Phi) is 322. The Morgan fingerprint density at radius 3 is 0.276 bits per heavy atom. The molecule has 0 atom stereocenters. The van der Waals surface area contributed by atoms with Crippen LogP contribution in [0, 0.1) is 0 Å². The summed E-state index contributed by atoms with van der Waals surface area (Å²) in [6.45, 7) is 0. The molecular weight excluding hydrogens is 766 g/mol. The Bertz CT molecular complexity index is 369. The number of hydrogen-bond donors (Lipinski definition) is 12. The molecule has 0 saturated heterocycles. The van der Waals surface area contributed by atoms with Crippen molar-refractivity contribution in [1.29, 1.82) is 0 Å². The summed E-state index contributed by atoms with van der Waals surface area (Å²) in [6.07, 6.45) is 0. The summed E-state index contributed by atoms with van der Waals surface area (Å²) in [5, 5.41) is 0. The third-order valence-corrected chi connectivity index (χ3v) is 0. The summed E-state index contributed by atoms with van der Waals surface area (Å²) in [5.74, 6) is 0. The van der Waals surface area contributed by atoms with Gasteiger partial charge >= 0.3 is 127 Å². The molecule has 29 heavy (non-hydrogen) atoms. The normalized spacial score (nSPS) is 6.00. The predicted octanol–water partition coefficient (Wildman–Crippen LogP) is -5.92. The molecule has 29 heteroatoms. The van der Waals surface area contributed by atoms with Crippen LogP contribution in [-0.2, 0) is 104 Å². The van der Waals surface area contributed by atoms with Crippen LogP contribution >= 0.6 is 0 Å². The van der Waals surface area contributed by atoms with Crippen molar-refractivity contribution in [2.75, 3.05) is 0 Å². The van der Waals surface area contributed by atoms with E-state index in [9.17, 15) is 0 Å². The molecular formula is H36Co2Mo3N12O12. The van der Waals surface area contributed by atoms with Crippen molar-refractivity contribution in [1.82, 2.24) is 73.8 Å². The van der Waals surface area contributed by atoms with Gasteiger partial charge in [-0.3, -0.25) is 0 Å². The van der Waals surface area contributed by atoms with Crippen molar-refractivity contribution in [3.05, 3.63) is 0 Å². The maximum atomic E-state index is 8.63. The van der Waals surface area contributed by atoms with Gasteiger partial charge in [-0.15, -0.1) is 0 Å². The summed E-state index contributed by atoms with van der Waals surface area (Å²) < 4.78 is 104. The van der Waals surface area contributed by atoms with E-state index in [1.54, 1.807) is 0 Å². The van der Waals surface area contributed by atoms with E-state index in [4.69, 9.17) is 42.9 Å². The van der Waals surface area contributed by atoms with Crippen molar-refractivity contribution in [3.63, 3.8) is 0 Å². The zero-order valence-electron chi connectivity index (χ0n) is 15.3. The monoisotopic (exact) mass is 808 g/mol. The van der Waals surface area contributed by atoms with Crippen LogP contribution in [0.2, 0.25) is 0 Å². The average Bonchev–Trinajstić information content (AvgIpc) is 1.41. The first-order valence-electron chi connectivity index (χ1n) is 2.00. The molecule has 0 spiro atoms. The second-order valence-electron chi connectivity index (χ2n) is 1.22. The third kappa shape index (κ3) is 16000. The number of rotatable bonds is 0. The number of hydrogen-bond acceptors (Lipinski definition) is 24. The van der Waals surface area contributed by atoms with Crippen LogP contribution in [0.15, 0.2) is 0 Å². The molecule has 204 valence electrons. The van der Waals surface area contributed by atoms with Crippen LogP contribution in [0.3, 0.4) is 0 Å². The fourth-order valence-corrected chi connectivity index (χ4v) is 0. The van der Waals surface area contributed by atoms with Crippen molar-refractivity contribution in [2.45, 2.75) is 0 Å². The minimum atomic E-state index is -6.02. The van der Waals surface area contributed by atoms with Gasteiger partial charge < -0.3 is 73.8 Å². The van der Waals surface area contributed by atoms with Gasteiger partial charge in [-0.05, 0) is 0 Å². The van der Waals surface area contributed by atoms with E-state index >= 15 is 0 Å². The van der Waals surface area contributed by atoms with Gasteiger partial charge in [0.1, 0.15) is 0 Å². The second kappa shape index (κ2) is 63.0. The van der Waals surface area contributed by atoms with E-state index in [2.05, 4.69) is 0 Å². The molecule has 0 aliphatic heterocycles. The van der Waals surface area contributed by atoms with Gasteiger partial charge in [-0.25, -0.2) is 0 Å². The molecule has 0 aromatic rings. The van der Waals surface area contributed by atoms with Gasteiger partial charge in [0, 0.05) is 0 Å². The predicted molar refractivity (Wildman–Crippen MR) is 64.4 cm³/mol. The molecule has 0 heterocycles. The van der Waals surface area contributed by atoms with Crippen LogP contribution in [0.4, 0.5) is 0 Å². The molecule has 0 radical (unpaired) electrons. The summed E-state index contributed by atoms with van der Waals surface area (Å²) in [5.41, 5.74) is 0. The molecule has 0 aliphatic carbocycles. The molecule has 0 aromatic heterocycles. The quantitative estimate of drug-likeness (QED) is 0.101. The standard InChI is InChI=1S/2Co.3Mo.12H3N.12O/h;;;;;12*1H3;;;;;;;;;;;;/q2*+3;;;;;;;;;;;;;;;;;;;;;;6*-1. The Hall–Kier alpha value is 1.16. The zero-order valence-corrected chi connectivity index (χ0v) is 23.4. The maximum absolute atomic E-state index is 8.63. The van der Waals surface area contributed by atoms with Crippen LogP contribution in [0.1, 0.15) is 0 Å². The minimum absolute atomic E-state index is 0. The zero-order chi connectivity index (χ0) is 13.5. The van der Waals surface area contributed by atoms with Crippen LogP contribution in [-0.4, -0.2) is 0 Å². The Morgan fingerprint density at radius 2 is 0.276 bits per heavy atom. The van der Waals surface area contributed by atoms with E-state index in [1.807, 2.05) is 0 Å². The van der Waals surface area contributed by atoms with Crippen molar-refractivity contribution >= 4 is 0 Å². The van der Waals surface area contributed by atoms with Crippen molar-refractivity contribution in [2.24, 2.45) is 0 Å². The fraction of sp³-hybridized carbons (Fsp3) is 0. The van der Waals surface area contributed by atoms with Gasteiger partial charge in [0.25, 0.3) is 0 Å². The summed E-state index contributed by atoms with van der Waals surface area (Å²) in [6, 6.07) is 0. The first kappa shape index (κ1) is 148. The van der Waals surface area contributed by atoms with Gasteiger partial charge in [-0.2, -0.15) is 0 Å². The van der Waals surface area contributed by atoms with Crippen LogP contribution in [0.25, 0.3) is 0 Å². The van der Waals surface area contributed by atoms with E-state index in [-0.39, 0.29) is 107 Å². The molecule has 0 rings (SSSR count). The van der Waals surface area contributed by atoms with Gasteiger partial charge in [0.05, 0.1) is 0 Å². The van der Waals surface area contributed by atoms with E-state index < -0.39 is 50.2 Å². The molecule has 0 saturated carbocycles. The van der Waals surface area contributed by atoms with Gasteiger partial charge in [0.15, 0.2) is 0 Å². The van der Waals surface area contributed by atoms with E-state index in [0.29, 0.717) is 0 Å². The first-order chi connectivity index (χ1) is 6.00. The Labute approximate surface area is 199 Å². The molecule has 0 amide bonds. The summed E-state index contributed by atoms with van der Waals surface area (Å²) in [7, 11) is 0. The summed E-state index contributed by atoms with van der Waals surface area (Å²) in [4.78, 5) is 0. The fourth-order valence-electron chi connectivity index (χ4n) is 0. The van der Waals surface area contributed by atoms with Crippen LogP contribution in [0.5, 0.6) is 0 Å². The summed E-state index contributed by atoms with van der Waals surface area (Å²) >= 11 is -18.1. The molecule has 0 bridgehead atoms. The molecule has 36 N–H and O–H groups in total. The van der Waals surface area contributed by atoms with E-state index in [0.717, 1.165) is 0 Å². The molecule has 0 aromatic carbocycles. The van der Waals surface area contributed by atoms with E-state index in [1.165, 1.54) is 0 Å². The SMILES string of the molecule is N.N.N.N.N.N.N.N.N.N.N.N.[Co+3].[Co+3].[O]=[Mo](=[O])([O-])[O-].[O]=[Mo](=[O])([O-])[O-].[O]=[Mo](=[O])([O-])[O-]. The van der Waals surface area contributed by atoms with Gasteiger partial charge in [0.2, 0.25) is 0 Å². The molecule has 24 nitrogen and oxygen atoms in total. The molecule has 0 aliphatic rings. The Balaban J connectivity index is -0.00000000400. The average molecular weight is 802 g/mol. The van der Waals surface area contributed by atoms with Gasteiger partial charge in [-0.1, -0.05) is 0 Å². The molecule has 0 unspecified atom stereocenters. The van der Waals surface area contributed by atoms with Crippen LogP contribution < -0.4 is 96.4 Å².